The number of amides is 1. The Kier molecular flexibility index (Phi) is 4.66. The molecule has 4 rings (SSSR count). The van der Waals surface area contributed by atoms with Crippen molar-refractivity contribution in [2.24, 2.45) is 0 Å². The third-order valence-corrected chi connectivity index (χ3v) is 4.80. The van der Waals surface area contributed by atoms with E-state index in [1.54, 1.807) is 6.07 Å². The van der Waals surface area contributed by atoms with Gasteiger partial charge >= 0.3 is 6.18 Å². The molecule has 1 aromatic heterocycles. The fourth-order valence-electron chi connectivity index (χ4n) is 3.32. The normalized spacial score (nSPS) is 13.8. The Bertz CT molecular complexity index is 983. The van der Waals surface area contributed by atoms with Gasteiger partial charge in [0.05, 0.1) is 11.3 Å². The first kappa shape index (κ1) is 18.3. The number of halogens is 3. The van der Waals surface area contributed by atoms with Gasteiger partial charge in [-0.15, -0.1) is 0 Å². The Morgan fingerprint density at radius 2 is 1.86 bits per heavy atom. The third kappa shape index (κ3) is 3.78. The van der Waals surface area contributed by atoms with Crippen LogP contribution < -0.4 is 5.32 Å². The molecule has 0 fully saturated rings. The molecule has 4 nitrogen and oxygen atoms in total. The number of rotatable bonds is 3. The van der Waals surface area contributed by atoms with Gasteiger partial charge in [-0.05, 0) is 49.2 Å². The van der Waals surface area contributed by atoms with E-state index in [1.807, 2.05) is 24.4 Å². The number of hydrogen-bond acceptors (Lipinski definition) is 2. The highest BCUT2D eigenvalue weighted by Crippen LogP contribution is 2.29. The Balaban J connectivity index is 1.52. The summed E-state index contributed by atoms with van der Waals surface area (Å²) < 4.78 is 40.1. The number of aryl methyl sites for hydroxylation is 2. The second-order valence-corrected chi connectivity index (χ2v) is 6.80. The summed E-state index contributed by atoms with van der Waals surface area (Å²) in [5, 5.41) is 2.73. The van der Waals surface area contributed by atoms with E-state index in [0.29, 0.717) is 5.69 Å². The molecule has 0 aliphatic carbocycles. The van der Waals surface area contributed by atoms with Crippen molar-refractivity contribution in [2.45, 2.75) is 32.0 Å². The SMILES string of the molecule is O=C(Nc1cccc(-c2cn3c(n2)CCCC3)c1)c1ccc(C(F)(F)F)cc1. The highest BCUT2D eigenvalue weighted by molar-refractivity contribution is 6.04. The molecule has 2 aromatic carbocycles. The van der Waals surface area contributed by atoms with Crippen molar-refractivity contribution in [3.8, 4) is 11.3 Å². The van der Waals surface area contributed by atoms with E-state index in [2.05, 4.69) is 14.9 Å². The van der Waals surface area contributed by atoms with Crippen LogP contribution in [0.25, 0.3) is 11.3 Å². The highest BCUT2D eigenvalue weighted by Gasteiger charge is 2.30. The number of nitrogens with zero attached hydrogens (tertiary/aromatic N) is 2. The van der Waals surface area contributed by atoms with Gasteiger partial charge in [-0.25, -0.2) is 4.98 Å². The summed E-state index contributed by atoms with van der Waals surface area (Å²) in [5.74, 6) is 0.607. The van der Waals surface area contributed by atoms with Crippen LogP contribution in [-0.4, -0.2) is 15.5 Å². The number of benzene rings is 2. The number of alkyl halides is 3. The van der Waals surface area contributed by atoms with Crippen LogP contribution in [0, 0.1) is 0 Å². The number of anilines is 1. The number of carbonyl (C=O) groups excluding carboxylic acids is 1. The van der Waals surface area contributed by atoms with Gasteiger partial charge in [-0.2, -0.15) is 13.2 Å². The first-order valence-corrected chi connectivity index (χ1v) is 9.05. The second-order valence-electron chi connectivity index (χ2n) is 6.80. The molecule has 0 spiro atoms. The van der Waals surface area contributed by atoms with Gasteiger partial charge in [0, 0.05) is 36.0 Å². The standard InChI is InChI=1S/C21H18F3N3O/c22-21(23,24)16-9-7-14(8-10-16)20(28)25-17-5-3-4-15(12-17)18-13-27-11-2-1-6-19(27)26-18/h3-5,7-10,12-13H,1-2,6,11H2,(H,25,28). The average molecular weight is 385 g/mol. The van der Waals surface area contributed by atoms with E-state index in [4.69, 9.17) is 0 Å². The number of fused-ring (bicyclic) bond motifs is 1. The van der Waals surface area contributed by atoms with Crippen LogP contribution in [0.15, 0.2) is 54.7 Å². The van der Waals surface area contributed by atoms with Gasteiger partial charge in [-0.1, -0.05) is 12.1 Å². The van der Waals surface area contributed by atoms with Gasteiger partial charge in [0.15, 0.2) is 0 Å². The van der Waals surface area contributed by atoms with Crippen LogP contribution in [-0.2, 0) is 19.1 Å². The lowest BCUT2D eigenvalue weighted by Crippen LogP contribution is -2.12. The zero-order chi connectivity index (χ0) is 19.7. The summed E-state index contributed by atoms with van der Waals surface area (Å²) in [6.45, 7) is 0.965. The largest absolute Gasteiger partial charge is 0.416 e. The predicted octanol–water partition coefficient (Wildman–Crippen LogP) is 5.16. The maximum absolute atomic E-state index is 12.7. The van der Waals surface area contributed by atoms with Gasteiger partial charge < -0.3 is 9.88 Å². The molecule has 2 heterocycles. The molecule has 0 saturated heterocycles. The van der Waals surface area contributed by atoms with Crippen molar-refractivity contribution in [1.29, 1.82) is 0 Å². The molecule has 0 atom stereocenters. The third-order valence-electron chi connectivity index (χ3n) is 4.80. The fourth-order valence-corrected chi connectivity index (χ4v) is 3.32. The molecular formula is C21H18F3N3O. The number of nitrogens with one attached hydrogen (secondary N) is 1. The quantitative estimate of drug-likeness (QED) is 0.677. The van der Waals surface area contributed by atoms with E-state index >= 15 is 0 Å². The summed E-state index contributed by atoms with van der Waals surface area (Å²) in [7, 11) is 0. The van der Waals surface area contributed by atoms with Gasteiger partial charge in [0.2, 0.25) is 0 Å². The molecule has 144 valence electrons. The Hall–Kier alpha value is -3.09. The number of aromatic nitrogens is 2. The predicted molar refractivity (Wildman–Crippen MR) is 100.0 cm³/mol. The lowest BCUT2D eigenvalue weighted by molar-refractivity contribution is -0.137. The minimum absolute atomic E-state index is 0.163. The van der Waals surface area contributed by atoms with Crippen molar-refractivity contribution in [1.82, 2.24) is 9.55 Å². The Labute approximate surface area is 160 Å². The molecule has 3 aromatic rings. The molecule has 0 saturated carbocycles. The number of carbonyl (C=O) groups is 1. The first-order chi connectivity index (χ1) is 13.4. The van der Waals surface area contributed by atoms with Gasteiger partial charge in [-0.3, -0.25) is 4.79 Å². The van der Waals surface area contributed by atoms with Crippen LogP contribution in [0.3, 0.4) is 0 Å². The monoisotopic (exact) mass is 385 g/mol. The smallest absolute Gasteiger partial charge is 0.334 e. The fraction of sp³-hybridized carbons (Fsp3) is 0.238. The summed E-state index contributed by atoms with van der Waals surface area (Å²) in [4.78, 5) is 17.0. The van der Waals surface area contributed by atoms with Crippen molar-refractivity contribution >= 4 is 11.6 Å². The molecule has 0 unspecified atom stereocenters. The van der Waals surface area contributed by atoms with E-state index in [-0.39, 0.29) is 5.56 Å². The van der Waals surface area contributed by atoms with E-state index in [0.717, 1.165) is 55.0 Å². The number of imidazole rings is 1. The lowest BCUT2D eigenvalue weighted by atomic mass is 10.1. The molecule has 1 amide bonds. The Morgan fingerprint density at radius 3 is 2.57 bits per heavy atom. The summed E-state index contributed by atoms with van der Waals surface area (Å²) >= 11 is 0. The van der Waals surface area contributed by atoms with Crippen LogP contribution in [0.5, 0.6) is 0 Å². The van der Waals surface area contributed by atoms with Crippen LogP contribution >= 0.6 is 0 Å². The molecule has 7 heteroatoms. The summed E-state index contributed by atoms with van der Waals surface area (Å²) in [5.41, 5.74) is 1.67. The van der Waals surface area contributed by atoms with Gasteiger partial charge in [0.1, 0.15) is 5.82 Å². The maximum atomic E-state index is 12.7. The van der Waals surface area contributed by atoms with Crippen molar-refractivity contribution in [3.63, 3.8) is 0 Å². The highest BCUT2D eigenvalue weighted by atomic mass is 19.4. The second kappa shape index (κ2) is 7.14. The van der Waals surface area contributed by atoms with Crippen molar-refractivity contribution in [2.75, 3.05) is 5.32 Å². The lowest BCUT2D eigenvalue weighted by Gasteiger charge is -2.11. The zero-order valence-electron chi connectivity index (χ0n) is 15.0. The molecule has 0 bridgehead atoms. The van der Waals surface area contributed by atoms with Crippen LogP contribution in [0.1, 0.15) is 34.6 Å². The minimum Gasteiger partial charge on any atom is -0.334 e. The Morgan fingerprint density at radius 1 is 1.07 bits per heavy atom. The number of hydrogen-bond donors (Lipinski definition) is 1. The van der Waals surface area contributed by atoms with Crippen LogP contribution in [0.4, 0.5) is 18.9 Å². The molecule has 1 aliphatic heterocycles. The molecule has 1 N–H and O–H groups in total. The zero-order valence-corrected chi connectivity index (χ0v) is 15.0. The molecule has 28 heavy (non-hydrogen) atoms. The van der Waals surface area contributed by atoms with E-state index < -0.39 is 17.6 Å². The van der Waals surface area contributed by atoms with E-state index in [1.165, 1.54) is 12.1 Å². The van der Waals surface area contributed by atoms with Crippen molar-refractivity contribution in [3.05, 3.63) is 71.7 Å². The molecule has 1 aliphatic rings. The van der Waals surface area contributed by atoms with E-state index in [9.17, 15) is 18.0 Å². The summed E-state index contributed by atoms with van der Waals surface area (Å²) in [6, 6.07) is 11.4. The van der Waals surface area contributed by atoms with Crippen LogP contribution in [0.2, 0.25) is 0 Å². The maximum Gasteiger partial charge on any atom is 0.416 e. The average Bonchev–Trinajstić information content (AvgIpc) is 3.12. The molecular weight excluding hydrogens is 367 g/mol. The minimum atomic E-state index is -4.42. The topological polar surface area (TPSA) is 46.9 Å². The summed E-state index contributed by atoms with van der Waals surface area (Å²) in [6.07, 6.45) is 0.842. The van der Waals surface area contributed by atoms with Gasteiger partial charge in [0.25, 0.3) is 5.91 Å². The van der Waals surface area contributed by atoms with Crippen molar-refractivity contribution < 1.29 is 18.0 Å². The first-order valence-electron chi connectivity index (χ1n) is 9.05. The molecule has 0 radical (unpaired) electrons.